The summed E-state index contributed by atoms with van der Waals surface area (Å²) < 4.78 is 12.8. The number of aliphatic hydroxyl groups excluding tert-OH is 1. The van der Waals surface area contributed by atoms with E-state index in [0.717, 1.165) is 0 Å². The van der Waals surface area contributed by atoms with E-state index in [1.54, 1.807) is 12.1 Å². The molecule has 1 aromatic carbocycles. The number of benzene rings is 1. The van der Waals surface area contributed by atoms with Gasteiger partial charge in [-0.15, -0.1) is 0 Å². The SMILES string of the molecule is O=C(/C=C/c1cccc(F)c1)NCCCO. The van der Waals surface area contributed by atoms with Crippen molar-refractivity contribution in [1.29, 1.82) is 0 Å². The monoisotopic (exact) mass is 223 g/mol. The van der Waals surface area contributed by atoms with Gasteiger partial charge in [-0.2, -0.15) is 0 Å². The number of nitrogens with one attached hydrogen (secondary N) is 1. The largest absolute Gasteiger partial charge is 0.396 e. The highest BCUT2D eigenvalue weighted by Crippen LogP contribution is 2.04. The normalized spacial score (nSPS) is 10.6. The van der Waals surface area contributed by atoms with Crippen molar-refractivity contribution < 1.29 is 14.3 Å². The van der Waals surface area contributed by atoms with Gasteiger partial charge >= 0.3 is 0 Å². The lowest BCUT2D eigenvalue weighted by Gasteiger charge is -1.99. The Bertz CT molecular complexity index is 377. The van der Waals surface area contributed by atoms with E-state index >= 15 is 0 Å². The van der Waals surface area contributed by atoms with Crippen molar-refractivity contribution in [2.24, 2.45) is 0 Å². The van der Waals surface area contributed by atoms with Crippen LogP contribution in [0.15, 0.2) is 30.3 Å². The number of carbonyl (C=O) groups excluding carboxylic acids is 1. The Morgan fingerprint density at radius 1 is 1.50 bits per heavy atom. The summed E-state index contributed by atoms with van der Waals surface area (Å²) in [6.07, 6.45) is 3.41. The summed E-state index contributed by atoms with van der Waals surface area (Å²) in [6.45, 7) is 0.483. The van der Waals surface area contributed by atoms with Crippen LogP contribution in [0.3, 0.4) is 0 Å². The molecular formula is C12H14FNO2. The molecule has 0 radical (unpaired) electrons. The topological polar surface area (TPSA) is 49.3 Å². The zero-order chi connectivity index (χ0) is 11.8. The molecule has 16 heavy (non-hydrogen) atoms. The highest BCUT2D eigenvalue weighted by Gasteiger charge is 1.94. The minimum Gasteiger partial charge on any atom is -0.396 e. The van der Waals surface area contributed by atoms with Crippen LogP contribution < -0.4 is 5.32 Å². The van der Waals surface area contributed by atoms with Gasteiger partial charge in [0.05, 0.1) is 0 Å². The number of hydrogen-bond donors (Lipinski definition) is 2. The summed E-state index contributed by atoms with van der Waals surface area (Å²) in [5.74, 6) is -0.583. The highest BCUT2D eigenvalue weighted by molar-refractivity contribution is 5.91. The predicted molar refractivity (Wildman–Crippen MR) is 60.1 cm³/mol. The van der Waals surface area contributed by atoms with E-state index in [4.69, 9.17) is 5.11 Å². The third-order valence-corrected chi connectivity index (χ3v) is 1.91. The first-order valence-electron chi connectivity index (χ1n) is 5.04. The number of halogens is 1. The number of rotatable bonds is 5. The van der Waals surface area contributed by atoms with Crippen LogP contribution >= 0.6 is 0 Å². The molecule has 0 atom stereocenters. The first-order valence-corrected chi connectivity index (χ1v) is 5.04. The molecule has 0 heterocycles. The van der Waals surface area contributed by atoms with Gasteiger partial charge in [-0.1, -0.05) is 12.1 Å². The summed E-state index contributed by atoms with van der Waals surface area (Å²) in [7, 11) is 0. The van der Waals surface area contributed by atoms with E-state index in [-0.39, 0.29) is 18.3 Å². The van der Waals surface area contributed by atoms with Crippen molar-refractivity contribution in [3.63, 3.8) is 0 Å². The van der Waals surface area contributed by atoms with Gasteiger partial charge in [0.15, 0.2) is 0 Å². The average Bonchev–Trinajstić information content (AvgIpc) is 2.27. The molecule has 0 aliphatic heterocycles. The second-order valence-electron chi connectivity index (χ2n) is 3.26. The Morgan fingerprint density at radius 2 is 2.31 bits per heavy atom. The third kappa shape index (κ3) is 4.70. The van der Waals surface area contributed by atoms with Crippen molar-refractivity contribution >= 4 is 12.0 Å². The van der Waals surface area contributed by atoms with Gasteiger partial charge in [-0.25, -0.2) is 4.39 Å². The maximum Gasteiger partial charge on any atom is 0.244 e. The van der Waals surface area contributed by atoms with Crippen LogP contribution in [0.1, 0.15) is 12.0 Å². The van der Waals surface area contributed by atoms with Crippen LogP contribution in [0.5, 0.6) is 0 Å². The van der Waals surface area contributed by atoms with Crippen LogP contribution in [0.4, 0.5) is 4.39 Å². The van der Waals surface area contributed by atoms with E-state index < -0.39 is 0 Å². The molecule has 0 bridgehead atoms. The van der Waals surface area contributed by atoms with E-state index in [2.05, 4.69) is 5.32 Å². The number of amides is 1. The average molecular weight is 223 g/mol. The first-order chi connectivity index (χ1) is 7.72. The zero-order valence-corrected chi connectivity index (χ0v) is 8.82. The molecule has 0 saturated heterocycles. The Morgan fingerprint density at radius 3 is 3.00 bits per heavy atom. The third-order valence-electron chi connectivity index (χ3n) is 1.91. The fraction of sp³-hybridized carbons (Fsp3) is 0.250. The molecule has 3 nitrogen and oxygen atoms in total. The van der Waals surface area contributed by atoms with Gasteiger partial charge in [0.1, 0.15) is 5.82 Å². The molecule has 4 heteroatoms. The number of aliphatic hydroxyl groups is 1. The predicted octanol–water partition coefficient (Wildman–Crippen LogP) is 1.34. The Kier molecular flexibility index (Phi) is 5.22. The number of carbonyl (C=O) groups is 1. The van der Waals surface area contributed by atoms with Gasteiger partial charge in [-0.3, -0.25) is 4.79 Å². The van der Waals surface area contributed by atoms with Gasteiger partial charge < -0.3 is 10.4 Å². The first kappa shape index (κ1) is 12.4. The molecule has 0 aromatic heterocycles. The molecule has 1 rings (SSSR count). The van der Waals surface area contributed by atoms with E-state index in [9.17, 15) is 9.18 Å². The van der Waals surface area contributed by atoms with Crippen molar-refractivity contribution in [3.05, 3.63) is 41.7 Å². The van der Waals surface area contributed by atoms with E-state index in [0.29, 0.717) is 18.5 Å². The minimum absolute atomic E-state index is 0.0495. The Balaban J connectivity index is 2.44. The summed E-state index contributed by atoms with van der Waals surface area (Å²) in [4.78, 5) is 11.2. The lowest BCUT2D eigenvalue weighted by Crippen LogP contribution is -2.22. The smallest absolute Gasteiger partial charge is 0.244 e. The minimum atomic E-state index is -0.331. The van der Waals surface area contributed by atoms with E-state index in [1.807, 2.05) is 0 Å². The summed E-state index contributed by atoms with van der Waals surface area (Å²) in [5, 5.41) is 11.1. The van der Waals surface area contributed by atoms with Crippen molar-refractivity contribution in [2.45, 2.75) is 6.42 Å². The molecule has 0 aliphatic rings. The summed E-state index contributed by atoms with van der Waals surface area (Å²) in [6, 6.07) is 5.98. The Labute approximate surface area is 93.6 Å². The zero-order valence-electron chi connectivity index (χ0n) is 8.82. The molecule has 1 amide bonds. The van der Waals surface area contributed by atoms with Crippen LogP contribution in [-0.4, -0.2) is 24.2 Å². The molecule has 0 aliphatic carbocycles. The van der Waals surface area contributed by atoms with Crippen molar-refractivity contribution in [3.8, 4) is 0 Å². The Hall–Kier alpha value is -1.68. The second kappa shape index (κ2) is 6.74. The molecule has 0 unspecified atom stereocenters. The standard InChI is InChI=1S/C12H14FNO2/c13-11-4-1-3-10(9-11)5-6-12(16)14-7-2-8-15/h1,3-6,9,15H,2,7-8H2,(H,14,16)/b6-5+. The van der Waals surface area contributed by atoms with Crippen molar-refractivity contribution in [1.82, 2.24) is 5.32 Å². The molecule has 2 N–H and O–H groups in total. The highest BCUT2D eigenvalue weighted by atomic mass is 19.1. The molecule has 0 saturated carbocycles. The van der Waals surface area contributed by atoms with Crippen LogP contribution in [-0.2, 0) is 4.79 Å². The quantitative estimate of drug-likeness (QED) is 0.584. The van der Waals surface area contributed by atoms with Gasteiger partial charge in [-0.05, 0) is 30.2 Å². The lowest BCUT2D eigenvalue weighted by atomic mass is 10.2. The maximum absolute atomic E-state index is 12.8. The van der Waals surface area contributed by atoms with E-state index in [1.165, 1.54) is 24.3 Å². The summed E-state index contributed by atoms with van der Waals surface area (Å²) >= 11 is 0. The van der Waals surface area contributed by atoms with Gasteiger partial charge in [0.25, 0.3) is 0 Å². The maximum atomic E-state index is 12.8. The molecular weight excluding hydrogens is 209 g/mol. The fourth-order valence-corrected chi connectivity index (χ4v) is 1.13. The van der Waals surface area contributed by atoms with Crippen molar-refractivity contribution in [2.75, 3.05) is 13.2 Å². The van der Waals surface area contributed by atoms with Crippen LogP contribution in [0.2, 0.25) is 0 Å². The molecule has 86 valence electrons. The van der Waals surface area contributed by atoms with Crippen LogP contribution in [0, 0.1) is 5.82 Å². The number of hydrogen-bond acceptors (Lipinski definition) is 2. The molecule has 1 aromatic rings. The second-order valence-corrected chi connectivity index (χ2v) is 3.26. The lowest BCUT2D eigenvalue weighted by molar-refractivity contribution is -0.116. The fourth-order valence-electron chi connectivity index (χ4n) is 1.13. The van der Waals surface area contributed by atoms with Gasteiger partial charge in [0.2, 0.25) is 5.91 Å². The molecule has 0 fully saturated rings. The molecule has 0 spiro atoms. The van der Waals surface area contributed by atoms with Gasteiger partial charge in [0, 0.05) is 19.2 Å². The van der Waals surface area contributed by atoms with Crippen LogP contribution in [0.25, 0.3) is 6.08 Å². The summed E-state index contributed by atoms with van der Waals surface area (Å²) in [5.41, 5.74) is 0.636.